The predicted octanol–water partition coefficient (Wildman–Crippen LogP) is 3.00. The second kappa shape index (κ2) is 6.93. The van der Waals surface area contributed by atoms with E-state index >= 15 is 0 Å². The number of nitrogens with one attached hydrogen (secondary N) is 2. The van der Waals surface area contributed by atoms with Gasteiger partial charge in [0.1, 0.15) is 18.2 Å². The summed E-state index contributed by atoms with van der Waals surface area (Å²) in [6.07, 6.45) is 2.17. The Morgan fingerprint density at radius 2 is 2.21 bits per heavy atom. The largest absolute Gasteiger partial charge is 0.325 e. The van der Waals surface area contributed by atoms with E-state index in [2.05, 4.69) is 10.6 Å². The highest BCUT2D eigenvalue weighted by Gasteiger charge is 2.54. The molecule has 7 nitrogen and oxygen atoms in total. The Bertz CT molecular complexity index is 1040. The molecule has 1 aliphatic heterocycles. The molecule has 2 heterocycles. The molecule has 0 unspecified atom stereocenters. The van der Waals surface area contributed by atoms with Gasteiger partial charge in [-0.25, -0.2) is 4.79 Å². The Kier molecular flexibility index (Phi) is 4.57. The number of urea groups is 1. The van der Waals surface area contributed by atoms with Crippen molar-refractivity contribution in [2.45, 2.75) is 24.8 Å². The van der Waals surface area contributed by atoms with Crippen molar-refractivity contribution in [1.82, 2.24) is 10.2 Å². The zero-order chi connectivity index (χ0) is 19.9. The molecule has 1 saturated heterocycles. The summed E-state index contributed by atoms with van der Waals surface area (Å²) in [5.74, 6) is -1.00. The summed E-state index contributed by atoms with van der Waals surface area (Å²) in [6.45, 7) is -0.441. The zero-order valence-electron chi connectivity index (χ0n) is 14.6. The highest BCUT2D eigenvalue weighted by atomic mass is 35.5. The highest BCUT2D eigenvalue weighted by Crippen LogP contribution is 2.42. The van der Waals surface area contributed by atoms with Crippen LogP contribution in [0, 0.1) is 11.3 Å². The Morgan fingerprint density at radius 3 is 3.00 bits per heavy atom. The number of benzene rings is 1. The number of aryl methyl sites for hydroxylation is 1. The van der Waals surface area contributed by atoms with E-state index in [0.717, 1.165) is 28.2 Å². The first-order chi connectivity index (χ1) is 13.4. The van der Waals surface area contributed by atoms with E-state index in [9.17, 15) is 14.4 Å². The number of hydrogen-bond acceptors (Lipinski definition) is 5. The molecule has 9 heteroatoms. The second-order valence-electron chi connectivity index (χ2n) is 6.69. The van der Waals surface area contributed by atoms with Crippen LogP contribution in [0.4, 0.5) is 10.5 Å². The molecule has 0 saturated carbocycles. The minimum Gasteiger partial charge on any atom is -0.323 e. The topological polar surface area (TPSA) is 102 Å². The highest BCUT2D eigenvalue weighted by molar-refractivity contribution is 7.10. The first-order valence-corrected chi connectivity index (χ1v) is 9.91. The van der Waals surface area contributed by atoms with E-state index < -0.39 is 29.9 Å². The van der Waals surface area contributed by atoms with Crippen molar-refractivity contribution in [3.05, 3.63) is 50.7 Å². The van der Waals surface area contributed by atoms with Crippen LogP contribution in [0.2, 0.25) is 5.02 Å². The number of nitriles is 1. The number of rotatable bonds is 3. The van der Waals surface area contributed by atoms with Crippen LogP contribution in [0.1, 0.15) is 28.8 Å². The number of hydrogen-bond donors (Lipinski definition) is 2. The van der Waals surface area contributed by atoms with Gasteiger partial charge in [0.25, 0.3) is 5.91 Å². The quantitative estimate of drug-likeness (QED) is 0.753. The maximum atomic E-state index is 13.1. The van der Waals surface area contributed by atoms with E-state index in [0.29, 0.717) is 11.4 Å². The average Bonchev–Trinajstić information content (AvgIpc) is 3.23. The summed E-state index contributed by atoms with van der Waals surface area (Å²) in [4.78, 5) is 40.1. The second-order valence-corrected chi connectivity index (χ2v) is 8.12. The number of imide groups is 1. The molecule has 1 aromatic carbocycles. The number of fused-ring (bicyclic) bond motifs is 2. The number of carbonyl (C=O) groups excluding carboxylic acids is 3. The lowest BCUT2D eigenvalue weighted by Crippen LogP contribution is -2.46. The fourth-order valence-electron chi connectivity index (χ4n) is 3.74. The minimum absolute atomic E-state index is 0.236. The standard InChI is InChI=1S/C19H15ClN4O3S/c20-12-4-3-11(9-21)14(8-12)22-16(25)10-24-17(26)19(23-18(24)27)6-1-2-15-13(19)5-7-28-15/h3-5,7-8H,1-2,6,10H2,(H,22,25)(H,23,27)/t19-/m0/s1. The minimum atomic E-state index is -1.08. The number of halogens is 1. The number of nitrogens with zero attached hydrogens (tertiary/aromatic N) is 2. The Hall–Kier alpha value is -2.89. The predicted molar refractivity (Wildman–Crippen MR) is 104 cm³/mol. The molecule has 1 fully saturated rings. The molecule has 4 amide bonds. The molecular weight excluding hydrogens is 400 g/mol. The van der Waals surface area contributed by atoms with E-state index in [4.69, 9.17) is 16.9 Å². The summed E-state index contributed by atoms with van der Waals surface area (Å²) in [7, 11) is 0. The fraction of sp³-hybridized carbons (Fsp3) is 0.263. The van der Waals surface area contributed by atoms with Crippen LogP contribution in [-0.2, 0) is 21.5 Å². The van der Waals surface area contributed by atoms with Gasteiger partial charge in [0, 0.05) is 15.5 Å². The first kappa shape index (κ1) is 18.5. The lowest BCUT2D eigenvalue weighted by molar-refractivity contribution is -0.134. The molecule has 28 heavy (non-hydrogen) atoms. The van der Waals surface area contributed by atoms with Crippen LogP contribution in [0.3, 0.4) is 0 Å². The van der Waals surface area contributed by atoms with Crippen LogP contribution in [0.15, 0.2) is 29.6 Å². The van der Waals surface area contributed by atoms with E-state index in [1.54, 1.807) is 17.4 Å². The van der Waals surface area contributed by atoms with Gasteiger partial charge in [-0.15, -0.1) is 11.3 Å². The molecule has 1 aromatic heterocycles. The molecule has 1 spiro atoms. The average molecular weight is 415 g/mol. The van der Waals surface area contributed by atoms with Crippen molar-refractivity contribution < 1.29 is 14.4 Å². The SMILES string of the molecule is N#Cc1ccc(Cl)cc1NC(=O)CN1C(=O)N[C@]2(CCCc3sccc32)C1=O. The van der Waals surface area contributed by atoms with E-state index in [1.807, 2.05) is 17.5 Å². The lowest BCUT2D eigenvalue weighted by atomic mass is 9.80. The maximum absolute atomic E-state index is 13.1. The third kappa shape index (κ3) is 2.93. The van der Waals surface area contributed by atoms with Gasteiger partial charge in [-0.05, 0) is 48.9 Å². The smallest absolute Gasteiger partial charge is 0.323 e. The summed E-state index contributed by atoms with van der Waals surface area (Å²) in [5, 5.41) is 16.8. The van der Waals surface area contributed by atoms with Gasteiger partial charge in [0.05, 0.1) is 11.3 Å². The van der Waals surface area contributed by atoms with Gasteiger partial charge in [-0.2, -0.15) is 5.26 Å². The van der Waals surface area contributed by atoms with E-state index in [1.165, 1.54) is 12.1 Å². The van der Waals surface area contributed by atoms with Crippen LogP contribution < -0.4 is 10.6 Å². The van der Waals surface area contributed by atoms with Gasteiger partial charge in [-0.1, -0.05) is 11.6 Å². The molecule has 0 bridgehead atoms. The molecule has 2 N–H and O–H groups in total. The Labute approximate surface area is 169 Å². The Balaban J connectivity index is 1.55. The van der Waals surface area contributed by atoms with Crippen molar-refractivity contribution in [1.29, 1.82) is 5.26 Å². The third-order valence-corrected chi connectivity index (χ3v) is 6.23. The number of thiophene rings is 1. The number of anilines is 1. The molecule has 0 radical (unpaired) electrons. The molecule has 2 aliphatic rings. The number of amides is 4. The van der Waals surface area contributed by atoms with Gasteiger partial charge in [0.2, 0.25) is 5.91 Å². The molecule has 142 valence electrons. The van der Waals surface area contributed by atoms with Gasteiger partial charge >= 0.3 is 6.03 Å². The summed E-state index contributed by atoms with van der Waals surface area (Å²) < 4.78 is 0. The monoisotopic (exact) mass is 414 g/mol. The molecule has 1 atom stereocenters. The van der Waals surface area contributed by atoms with Crippen molar-refractivity contribution in [2.24, 2.45) is 0 Å². The number of carbonyl (C=O) groups is 3. The summed E-state index contributed by atoms with van der Waals surface area (Å²) in [5.41, 5.74) is 0.214. The van der Waals surface area contributed by atoms with Crippen molar-refractivity contribution in [3.8, 4) is 6.07 Å². The molecule has 4 rings (SSSR count). The first-order valence-electron chi connectivity index (χ1n) is 8.65. The van der Waals surface area contributed by atoms with Crippen LogP contribution in [0.5, 0.6) is 0 Å². The van der Waals surface area contributed by atoms with Crippen molar-refractivity contribution in [3.63, 3.8) is 0 Å². The van der Waals surface area contributed by atoms with Crippen LogP contribution >= 0.6 is 22.9 Å². The van der Waals surface area contributed by atoms with Crippen LogP contribution in [0.25, 0.3) is 0 Å². The maximum Gasteiger partial charge on any atom is 0.325 e. The van der Waals surface area contributed by atoms with Gasteiger partial charge in [-0.3, -0.25) is 14.5 Å². The third-order valence-electron chi connectivity index (χ3n) is 5.01. The van der Waals surface area contributed by atoms with E-state index in [-0.39, 0.29) is 11.3 Å². The zero-order valence-corrected chi connectivity index (χ0v) is 16.2. The summed E-state index contributed by atoms with van der Waals surface area (Å²) in [6, 6.07) is 7.71. The lowest BCUT2D eigenvalue weighted by Gasteiger charge is -2.31. The Morgan fingerprint density at radius 1 is 1.39 bits per heavy atom. The fourth-order valence-corrected chi connectivity index (χ4v) is 4.91. The molecule has 1 aliphatic carbocycles. The summed E-state index contributed by atoms with van der Waals surface area (Å²) >= 11 is 7.49. The van der Waals surface area contributed by atoms with Gasteiger partial charge < -0.3 is 10.6 Å². The normalized spacial score (nSPS) is 20.6. The molecular formula is C19H15ClN4O3S. The van der Waals surface area contributed by atoms with Crippen molar-refractivity contribution in [2.75, 3.05) is 11.9 Å². The van der Waals surface area contributed by atoms with Crippen LogP contribution in [-0.4, -0.2) is 29.3 Å². The molecule has 2 aromatic rings. The van der Waals surface area contributed by atoms with Crippen molar-refractivity contribution >= 4 is 46.5 Å². The van der Waals surface area contributed by atoms with Gasteiger partial charge in [0.15, 0.2) is 0 Å².